The summed E-state index contributed by atoms with van der Waals surface area (Å²) in [5.74, 6) is 1.70. The average molecular weight is 348 g/mol. The number of hydrogen-bond acceptors (Lipinski definition) is 5. The monoisotopic (exact) mass is 348 g/mol. The summed E-state index contributed by atoms with van der Waals surface area (Å²) in [5, 5.41) is 7.69. The maximum absolute atomic E-state index is 5.33. The Kier molecular flexibility index (Phi) is 4.50. The van der Waals surface area contributed by atoms with Crippen molar-refractivity contribution in [2.45, 2.75) is 26.2 Å². The second-order valence-electron chi connectivity index (χ2n) is 6.50. The lowest BCUT2D eigenvalue weighted by Crippen LogP contribution is -2.69. The van der Waals surface area contributed by atoms with Crippen molar-refractivity contribution in [3.8, 4) is 5.75 Å². The molecule has 2 aliphatic rings. The molecule has 3 heterocycles. The van der Waals surface area contributed by atoms with Gasteiger partial charge >= 0.3 is 0 Å². The number of aromatic nitrogens is 1. The Hall–Kier alpha value is -2.99. The van der Waals surface area contributed by atoms with Gasteiger partial charge in [0.05, 0.1) is 30.3 Å². The number of allylic oxidation sites excluding steroid dienone is 1. The lowest BCUT2D eigenvalue weighted by molar-refractivity contribution is -0.573. The number of anilines is 1. The van der Waals surface area contributed by atoms with Gasteiger partial charge in [0.2, 0.25) is 0 Å². The molecule has 2 aliphatic heterocycles. The lowest BCUT2D eigenvalue weighted by atomic mass is 10.1. The van der Waals surface area contributed by atoms with E-state index in [1.54, 1.807) is 13.3 Å². The van der Waals surface area contributed by atoms with E-state index in [4.69, 9.17) is 9.73 Å². The first-order valence-electron chi connectivity index (χ1n) is 8.78. The van der Waals surface area contributed by atoms with Crippen LogP contribution in [0.15, 0.2) is 58.0 Å². The molecule has 0 saturated carbocycles. The predicted molar refractivity (Wildman–Crippen MR) is 103 cm³/mol. The third-order valence-corrected chi connectivity index (χ3v) is 4.66. The fourth-order valence-electron chi connectivity index (χ4n) is 3.16. The molecular formula is C20H22N5O+. The Morgan fingerprint density at radius 3 is 2.96 bits per heavy atom. The van der Waals surface area contributed by atoms with Crippen molar-refractivity contribution in [1.82, 2.24) is 4.98 Å². The van der Waals surface area contributed by atoms with Gasteiger partial charge in [-0.2, -0.15) is 5.43 Å². The summed E-state index contributed by atoms with van der Waals surface area (Å²) in [6, 6.07) is 10.0. The summed E-state index contributed by atoms with van der Waals surface area (Å²) in [6.45, 7) is 2.14. The molecule has 0 spiro atoms. The molecule has 6 heteroatoms. The van der Waals surface area contributed by atoms with Gasteiger partial charge in [-0.15, -0.1) is 0 Å². The van der Waals surface area contributed by atoms with Gasteiger partial charge in [0, 0.05) is 24.0 Å². The number of methoxy groups -OCH3 is 1. The molecule has 0 fully saturated rings. The highest BCUT2D eigenvalue weighted by molar-refractivity contribution is 6.00. The van der Waals surface area contributed by atoms with Crippen LogP contribution in [0, 0.1) is 0 Å². The van der Waals surface area contributed by atoms with Crippen LogP contribution >= 0.6 is 0 Å². The third-order valence-electron chi connectivity index (χ3n) is 4.66. The Labute approximate surface area is 152 Å². The first-order chi connectivity index (χ1) is 12.7. The van der Waals surface area contributed by atoms with Gasteiger partial charge in [-0.1, -0.05) is 5.10 Å². The molecule has 1 aromatic heterocycles. The highest BCUT2D eigenvalue weighted by atomic mass is 16.5. The van der Waals surface area contributed by atoms with Crippen LogP contribution in [0.3, 0.4) is 0 Å². The van der Waals surface area contributed by atoms with Crippen molar-refractivity contribution >= 4 is 23.3 Å². The molecule has 0 bridgehead atoms. The predicted octanol–water partition coefficient (Wildman–Crippen LogP) is 2.95. The first-order valence-corrected chi connectivity index (χ1v) is 8.78. The van der Waals surface area contributed by atoms with E-state index < -0.39 is 0 Å². The number of quaternary nitrogens is 1. The van der Waals surface area contributed by atoms with Crippen molar-refractivity contribution < 1.29 is 10.2 Å². The van der Waals surface area contributed by atoms with Crippen LogP contribution in [0.25, 0.3) is 0 Å². The Bertz CT molecular complexity index is 930. The fraction of sp³-hybridized carbons (Fsp3) is 0.250. The van der Waals surface area contributed by atoms with Gasteiger partial charge in [-0.3, -0.25) is 4.98 Å². The highest BCUT2D eigenvalue weighted by Gasteiger charge is 2.16. The van der Waals surface area contributed by atoms with E-state index >= 15 is 0 Å². The van der Waals surface area contributed by atoms with Gasteiger partial charge in [-0.25, -0.2) is 4.99 Å². The normalized spacial score (nSPS) is 16.2. The smallest absolute Gasteiger partial charge is 0.165 e. The molecule has 6 nitrogen and oxygen atoms in total. The first kappa shape index (κ1) is 16.5. The zero-order valence-electron chi connectivity index (χ0n) is 15.0. The molecule has 0 radical (unpaired) electrons. The van der Waals surface area contributed by atoms with Gasteiger partial charge in [0.15, 0.2) is 5.69 Å². The van der Waals surface area contributed by atoms with E-state index in [2.05, 4.69) is 40.5 Å². The van der Waals surface area contributed by atoms with Crippen LogP contribution in [-0.2, 0) is 0 Å². The second kappa shape index (κ2) is 7.09. The molecule has 0 aliphatic carbocycles. The molecule has 26 heavy (non-hydrogen) atoms. The molecule has 4 rings (SSSR count). The number of aliphatic imine (C=N–C) groups is 1. The maximum Gasteiger partial charge on any atom is 0.165 e. The molecule has 132 valence electrons. The van der Waals surface area contributed by atoms with E-state index in [1.807, 2.05) is 23.8 Å². The second-order valence-corrected chi connectivity index (χ2v) is 6.50. The third kappa shape index (κ3) is 3.36. The van der Waals surface area contributed by atoms with E-state index in [1.165, 1.54) is 5.57 Å². The zero-order valence-corrected chi connectivity index (χ0v) is 15.0. The van der Waals surface area contributed by atoms with E-state index in [0.717, 1.165) is 59.2 Å². The van der Waals surface area contributed by atoms with Gasteiger partial charge in [-0.05, 0) is 50.0 Å². The van der Waals surface area contributed by atoms with Crippen LogP contribution in [0.2, 0.25) is 0 Å². The van der Waals surface area contributed by atoms with Crippen molar-refractivity contribution in [1.29, 1.82) is 0 Å². The van der Waals surface area contributed by atoms with Crippen LogP contribution in [0.5, 0.6) is 5.75 Å². The Balaban J connectivity index is 1.65. The Morgan fingerprint density at radius 2 is 2.08 bits per heavy atom. The van der Waals surface area contributed by atoms with Crippen LogP contribution < -0.4 is 15.5 Å². The van der Waals surface area contributed by atoms with E-state index in [0.29, 0.717) is 0 Å². The number of benzene rings is 1. The molecular weight excluding hydrogens is 326 g/mol. The quantitative estimate of drug-likeness (QED) is 0.659. The van der Waals surface area contributed by atoms with Crippen LogP contribution in [-0.4, -0.2) is 24.0 Å². The van der Waals surface area contributed by atoms with Gasteiger partial charge < -0.3 is 10.1 Å². The van der Waals surface area contributed by atoms with Gasteiger partial charge in [0.1, 0.15) is 11.6 Å². The average Bonchev–Trinajstić information content (AvgIpc) is 3.06. The number of fused-ring (bicyclic) bond motifs is 1. The number of nitrogens with zero attached hydrogens (tertiary/aromatic N) is 3. The van der Waals surface area contributed by atoms with Crippen LogP contribution in [0.1, 0.15) is 37.4 Å². The SMILES string of the molecule is COc1ccnc(C2=NC(Nc3ccc4c(c3)C=N[NH2+]4)=C(C)CCC2)c1. The summed E-state index contributed by atoms with van der Waals surface area (Å²) >= 11 is 0. The van der Waals surface area contributed by atoms with Crippen molar-refractivity contribution in [2.75, 3.05) is 12.4 Å². The minimum atomic E-state index is 0.798. The minimum Gasteiger partial charge on any atom is -0.497 e. The maximum atomic E-state index is 5.33. The van der Waals surface area contributed by atoms with Crippen molar-refractivity contribution in [3.05, 3.63) is 59.2 Å². The molecule has 1 aromatic carbocycles. The standard InChI is InChI=1S/C20H21N5O/c1-13-4-3-5-18(19-11-16(26-2)8-9-21-19)24-20(13)23-15-6-7-17-14(10-15)12-22-25-17/h6-12,23H,3-5H2,1-2H3,(H,22,25)/p+1. The summed E-state index contributed by atoms with van der Waals surface area (Å²) in [5.41, 5.74) is 8.27. The number of pyridine rings is 1. The van der Waals surface area contributed by atoms with E-state index in [9.17, 15) is 0 Å². The topological polar surface area (TPSA) is 75.5 Å². The van der Waals surface area contributed by atoms with Crippen molar-refractivity contribution in [3.63, 3.8) is 0 Å². The largest absolute Gasteiger partial charge is 0.497 e. The zero-order chi connectivity index (χ0) is 17.9. The fourth-order valence-corrected chi connectivity index (χ4v) is 3.16. The molecule has 2 aromatic rings. The van der Waals surface area contributed by atoms with Gasteiger partial charge in [0.25, 0.3) is 0 Å². The molecule has 0 amide bonds. The highest BCUT2D eigenvalue weighted by Crippen LogP contribution is 2.25. The summed E-state index contributed by atoms with van der Waals surface area (Å²) < 4.78 is 5.33. The lowest BCUT2D eigenvalue weighted by Gasteiger charge is -2.11. The number of nitrogens with two attached hydrogens (primary N) is 1. The summed E-state index contributed by atoms with van der Waals surface area (Å²) in [6.07, 6.45) is 6.61. The van der Waals surface area contributed by atoms with Crippen LogP contribution in [0.4, 0.5) is 11.4 Å². The molecule has 3 N–H and O–H groups in total. The number of ether oxygens (including phenoxy) is 1. The molecule has 0 atom stereocenters. The number of nitrogens with one attached hydrogen (secondary N) is 1. The summed E-state index contributed by atoms with van der Waals surface area (Å²) in [7, 11) is 1.67. The minimum absolute atomic E-state index is 0.798. The number of hydrogen-bond donors (Lipinski definition) is 2. The Morgan fingerprint density at radius 1 is 1.15 bits per heavy atom. The molecule has 0 saturated heterocycles. The van der Waals surface area contributed by atoms with Crippen molar-refractivity contribution in [2.24, 2.45) is 10.1 Å². The molecule has 0 unspecified atom stereocenters. The summed E-state index contributed by atoms with van der Waals surface area (Å²) in [4.78, 5) is 9.40. The van der Waals surface area contributed by atoms with E-state index in [-0.39, 0.29) is 0 Å². The number of rotatable bonds is 4.